The molecule has 0 aliphatic heterocycles. The van der Waals surface area contributed by atoms with Crippen LogP contribution in [0.25, 0.3) is 0 Å². The lowest BCUT2D eigenvalue weighted by Gasteiger charge is -2.12. The number of ether oxygens (including phenoxy) is 1. The van der Waals surface area contributed by atoms with Crippen molar-refractivity contribution in [2.24, 2.45) is 5.73 Å². The van der Waals surface area contributed by atoms with Gasteiger partial charge in [0, 0.05) is 0 Å². The molecule has 0 bridgehead atoms. The molecule has 0 aromatic heterocycles. The van der Waals surface area contributed by atoms with Crippen LogP contribution >= 0.6 is 0 Å². The second-order valence-electron chi connectivity index (χ2n) is 3.49. The zero-order chi connectivity index (χ0) is 12.5. The normalized spacial score (nSPS) is 13.0. The van der Waals surface area contributed by atoms with Gasteiger partial charge in [-0.05, 0) is 18.1 Å². The zero-order valence-electron chi connectivity index (χ0n) is 9.87. The maximum Gasteiger partial charge on any atom is 0.405 e. The lowest BCUT2D eigenvalue weighted by molar-refractivity contribution is 0.130. The molecule has 1 amide bonds. The van der Waals surface area contributed by atoms with Crippen LogP contribution in [0.4, 0.5) is 4.79 Å². The Kier molecular flexibility index (Phi) is 5.58. The van der Waals surface area contributed by atoms with Crippen LogP contribution in [0.2, 0.25) is 0 Å². The van der Waals surface area contributed by atoms with Gasteiger partial charge in [-0.15, -0.1) is 0 Å². The molecule has 3 heteroatoms. The number of rotatable bonds is 5. The highest BCUT2D eigenvalue weighted by Crippen LogP contribution is 2.18. The summed E-state index contributed by atoms with van der Waals surface area (Å²) in [6.45, 7) is 2.05. The molecule has 0 aliphatic carbocycles. The average Bonchev–Trinajstić information content (AvgIpc) is 2.34. The molecule has 1 atom stereocenters. The number of primary amides is 1. The highest BCUT2D eigenvalue weighted by molar-refractivity contribution is 5.65. The van der Waals surface area contributed by atoms with Crippen LogP contribution in [-0.2, 0) is 4.74 Å². The first-order valence-corrected chi connectivity index (χ1v) is 5.58. The summed E-state index contributed by atoms with van der Waals surface area (Å²) in [4.78, 5) is 10.8. The van der Waals surface area contributed by atoms with Gasteiger partial charge >= 0.3 is 6.09 Å². The molecule has 1 rings (SSSR count). The molecule has 90 valence electrons. The van der Waals surface area contributed by atoms with Crippen LogP contribution in [0.5, 0.6) is 0 Å². The quantitative estimate of drug-likeness (QED) is 0.790. The van der Waals surface area contributed by atoms with Gasteiger partial charge in [-0.2, -0.15) is 0 Å². The van der Waals surface area contributed by atoms with Gasteiger partial charge in [-0.1, -0.05) is 55.5 Å². The Balaban J connectivity index is 2.77. The topological polar surface area (TPSA) is 52.3 Å². The van der Waals surface area contributed by atoms with Crippen LogP contribution in [-0.4, -0.2) is 6.09 Å². The molecule has 0 radical (unpaired) electrons. The summed E-state index contributed by atoms with van der Waals surface area (Å²) in [5.74, 6) is 0. The molecule has 1 aromatic rings. The van der Waals surface area contributed by atoms with Gasteiger partial charge < -0.3 is 10.5 Å². The highest BCUT2D eigenvalue weighted by atomic mass is 16.6. The first-order chi connectivity index (χ1) is 8.24. The molecule has 0 saturated carbocycles. The molecule has 0 saturated heterocycles. The van der Waals surface area contributed by atoms with Crippen LogP contribution in [0.1, 0.15) is 25.0 Å². The number of carbonyl (C=O) groups is 1. The SMILES string of the molecule is CCC=CC=CC(OC(N)=O)c1ccccc1. The largest absolute Gasteiger partial charge is 0.437 e. The number of nitrogens with two attached hydrogens (primary N) is 1. The van der Waals surface area contributed by atoms with Crippen molar-refractivity contribution in [1.82, 2.24) is 0 Å². The minimum absolute atomic E-state index is 0.435. The van der Waals surface area contributed by atoms with E-state index in [0.717, 1.165) is 12.0 Å². The van der Waals surface area contributed by atoms with Crippen molar-refractivity contribution in [3.05, 3.63) is 60.2 Å². The van der Waals surface area contributed by atoms with Gasteiger partial charge in [0.25, 0.3) is 0 Å². The standard InChI is InChI=1S/C14H17NO2/c1-2-3-4-8-11-13(17-14(15)16)12-9-6-5-7-10-12/h3-11,13H,2H2,1H3,(H2,15,16). The van der Waals surface area contributed by atoms with E-state index < -0.39 is 12.2 Å². The Hall–Kier alpha value is -2.03. The Morgan fingerprint density at radius 2 is 2.06 bits per heavy atom. The fourth-order valence-corrected chi connectivity index (χ4v) is 1.37. The molecular weight excluding hydrogens is 214 g/mol. The molecule has 0 heterocycles. The summed E-state index contributed by atoms with van der Waals surface area (Å²) in [5, 5.41) is 0. The molecule has 1 unspecified atom stereocenters. The van der Waals surface area contributed by atoms with Gasteiger partial charge in [0.1, 0.15) is 6.10 Å². The van der Waals surface area contributed by atoms with Crippen molar-refractivity contribution in [3.8, 4) is 0 Å². The van der Waals surface area contributed by atoms with E-state index in [9.17, 15) is 4.79 Å². The first kappa shape index (κ1) is 13.0. The number of carbonyl (C=O) groups excluding carboxylic acids is 1. The van der Waals surface area contributed by atoms with Gasteiger partial charge in [0.2, 0.25) is 0 Å². The number of allylic oxidation sites excluding steroid dienone is 3. The molecule has 0 spiro atoms. The average molecular weight is 231 g/mol. The summed E-state index contributed by atoms with van der Waals surface area (Å²) in [6, 6.07) is 9.47. The molecule has 0 aliphatic rings. The monoisotopic (exact) mass is 231 g/mol. The second-order valence-corrected chi connectivity index (χ2v) is 3.49. The van der Waals surface area contributed by atoms with Crippen molar-refractivity contribution in [2.45, 2.75) is 19.4 Å². The molecule has 17 heavy (non-hydrogen) atoms. The van der Waals surface area contributed by atoms with E-state index in [1.54, 1.807) is 6.08 Å². The van der Waals surface area contributed by atoms with Crippen molar-refractivity contribution < 1.29 is 9.53 Å². The van der Waals surface area contributed by atoms with Gasteiger partial charge in [-0.3, -0.25) is 0 Å². The molecule has 1 aromatic carbocycles. The molecule has 3 nitrogen and oxygen atoms in total. The zero-order valence-corrected chi connectivity index (χ0v) is 9.87. The third-order valence-electron chi connectivity index (χ3n) is 2.14. The van der Waals surface area contributed by atoms with Crippen molar-refractivity contribution in [3.63, 3.8) is 0 Å². The van der Waals surface area contributed by atoms with Crippen molar-refractivity contribution in [2.75, 3.05) is 0 Å². The Bertz CT molecular complexity index is 396. The van der Waals surface area contributed by atoms with Crippen LogP contribution in [0.3, 0.4) is 0 Å². The third kappa shape index (κ3) is 5.02. The van der Waals surface area contributed by atoms with E-state index in [2.05, 4.69) is 6.92 Å². The predicted octanol–water partition coefficient (Wildman–Crippen LogP) is 3.35. The fourth-order valence-electron chi connectivity index (χ4n) is 1.37. The molecule has 2 N–H and O–H groups in total. The predicted molar refractivity (Wildman–Crippen MR) is 68.4 cm³/mol. The summed E-state index contributed by atoms with van der Waals surface area (Å²) in [5.41, 5.74) is 5.94. The minimum atomic E-state index is -0.775. The maximum absolute atomic E-state index is 10.8. The van der Waals surface area contributed by atoms with E-state index in [1.165, 1.54) is 0 Å². The van der Waals surface area contributed by atoms with Crippen molar-refractivity contribution >= 4 is 6.09 Å². The van der Waals surface area contributed by atoms with Gasteiger partial charge in [0.15, 0.2) is 0 Å². The number of hydrogen-bond acceptors (Lipinski definition) is 2. The number of benzene rings is 1. The summed E-state index contributed by atoms with van der Waals surface area (Å²) < 4.78 is 5.03. The lowest BCUT2D eigenvalue weighted by atomic mass is 10.1. The third-order valence-corrected chi connectivity index (χ3v) is 2.14. The summed E-state index contributed by atoms with van der Waals surface area (Å²) >= 11 is 0. The first-order valence-electron chi connectivity index (χ1n) is 5.58. The summed E-state index contributed by atoms with van der Waals surface area (Å²) in [7, 11) is 0. The lowest BCUT2D eigenvalue weighted by Crippen LogP contribution is -2.16. The van der Waals surface area contributed by atoms with Crippen LogP contribution in [0, 0.1) is 0 Å². The Morgan fingerprint density at radius 3 is 2.65 bits per heavy atom. The van der Waals surface area contributed by atoms with E-state index in [-0.39, 0.29) is 0 Å². The van der Waals surface area contributed by atoms with Gasteiger partial charge in [-0.25, -0.2) is 4.79 Å². The van der Waals surface area contributed by atoms with E-state index in [0.29, 0.717) is 0 Å². The van der Waals surface area contributed by atoms with Crippen molar-refractivity contribution in [1.29, 1.82) is 0 Å². The minimum Gasteiger partial charge on any atom is -0.437 e. The van der Waals surface area contributed by atoms with Gasteiger partial charge in [0.05, 0.1) is 0 Å². The molecular formula is C14H17NO2. The van der Waals surface area contributed by atoms with Crippen LogP contribution in [0.15, 0.2) is 54.6 Å². The maximum atomic E-state index is 10.8. The summed E-state index contributed by atoms with van der Waals surface area (Å²) in [6.07, 6.45) is 7.34. The second kappa shape index (κ2) is 7.28. The molecule has 0 fully saturated rings. The van der Waals surface area contributed by atoms with E-state index in [4.69, 9.17) is 10.5 Å². The highest BCUT2D eigenvalue weighted by Gasteiger charge is 2.10. The fraction of sp³-hybridized carbons (Fsp3) is 0.214. The Labute approximate surface area is 102 Å². The van der Waals surface area contributed by atoms with Crippen LogP contribution < -0.4 is 5.73 Å². The smallest absolute Gasteiger partial charge is 0.405 e. The van der Waals surface area contributed by atoms with E-state index >= 15 is 0 Å². The Morgan fingerprint density at radius 1 is 1.35 bits per heavy atom. The number of hydrogen-bond donors (Lipinski definition) is 1. The van der Waals surface area contributed by atoms with E-state index in [1.807, 2.05) is 48.6 Å². The number of amides is 1.